The second-order valence-electron chi connectivity index (χ2n) is 4.98. The Morgan fingerprint density at radius 2 is 1.95 bits per heavy atom. The molecule has 0 bridgehead atoms. The van der Waals surface area contributed by atoms with Crippen molar-refractivity contribution in [3.63, 3.8) is 0 Å². The fourth-order valence-corrected chi connectivity index (χ4v) is 1.94. The number of nitrogens with two attached hydrogens (primary N) is 1. The van der Waals surface area contributed by atoms with E-state index in [1.54, 1.807) is 13.0 Å². The maximum atomic E-state index is 13.9. The molecule has 0 amide bonds. The van der Waals surface area contributed by atoms with Crippen LogP contribution in [0.4, 0.5) is 8.78 Å². The number of benzene rings is 1. The summed E-state index contributed by atoms with van der Waals surface area (Å²) in [5, 5.41) is 3.67. The Morgan fingerprint density at radius 3 is 2.48 bits per heavy atom. The Kier molecular flexibility index (Phi) is 4.90. The van der Waals surface area contributed by atoms with Gasteiger partial charge in [0.05, 0.1) is 5.69 Å². The molecule has 2 rings (SSSR count). The molecule has 0 fully saturated rings. The molecule has 0 aliphatic rings. The van der Waals surface area contributed by atoms with Gasteiger partial charge in [-0.3, -0.25) is 0 Å². The van der Waals surface area contributed by atoms with E-state index in [1.165, 1.54) is 12.1 Å². The molecule has 21 heavy (non-hydrogen) atoms. The summed E-state index contributed by atoms with van der Waals surface area (Å²) in [5.74, 6) is -1.50. The quantitative estimate of drug-likeness (QED) is 0.889. The van der Waals surface area contributed by atoms with Crippen molar-refractivity contribution >= 4 is 0 Å². The number of aromatic nitrogens is 1. The van der Waals surface area contributed by atoms with Crippen LogP contribution in [0.1, 0.15) is 30.4 Å². The zero-order valence-corrected chi connectivity index (χ0v) is 12.0. The molecule has 2 N–H and O–H groups in total. The molecule has 1 heterocycles. The van der Waals surface area contributed by atoms with Gasteiger partial charge in [0.25, 0.3) is 0 Å². The van der Waals surface area contributed by atoms with Crippen LogP contribution in [0.2, 0.25) is 0 Å². The molecular weight excluding hydrogens is 278 g/mol. The minimum atomic E-state index is -0.746. The first-order valence-electron chi connectivity index (χ1n) is 6.78. The van der Waals surface area contributed by atoms with Gasteiger partial charge in [0.15, 0.2) is 23.1 Å². The van der Waals surface area contributed by atoms with Crippen molar-refractivity contribution in [1.29, 1.82) is 0 Å². The van der Waals surface area contributed by atoms with Crippen molar-refractivity contribution in [1.82, 2.24) is 5.16 Å². The van der Waals surface area contributed by atoms with Gasteiger partial charge in [-0.1, -0.05) is 12.1 Å². The SMILES string of the molecule is CCC(N)Cc1cc(F)c(OCc2cc(C)no2)c(F)c1. The smallest absolute Gasteiger partial charge is 0.191 e. The van der Waals surface area contributed by atoms with Crippen LogP contribution in [0.5, 0.6) is 5.75 Å². The lowest BCUT2D eigenvalue weighted by molar-refractivity contribution is 0.230. The average molecular weight is 296 g/mol. The number of hydrogen-bond donors (Lipinski definition) is 1. The summed E-state index contributed by atoms with van der Waals surface area (Å²) in [6, 6.07) is 4.02. The van der Waals surface area contributed by atoms with Crippen LogP contribution >= 0.6 is 0 Å². The standard InChI is InChI=1S/C15H18F2N2O2/c1-3-11(18)5-10-6-13(16)15(14(17)7-10)20-8-12-4-9(2)19-21-12/h4,6-7,11H,3,5,8,18H2,1-2H3. The van der Waals surface area contributed by atoms with E-state index in [2.05, 4.69) is 5.16 Å². The first kappa shape index (κ1) is 15.4. The molecule has 0 saturated heterocycles. The number of nitrogens with zero attached hydrogens (tertiary/aromatic N) is 1. The van der Waals surface area contributed by atoms with Crippen molar-refractivity contribution in [2.24, 2.45) is 5.73 Å². The summed E-state index contributed by atoms with van der Waals surface area (Å²) in [4.78, 5) is 0. The van der Waals surface area contributed by atoms with Gasteiger partial charge in [0, 0.05) is 12.1 Å². The largest absolute Gasteiger partial charge is 0.479 e. The normalized spacial score (nSPS) is 12.4. The number of aryl methyl sites for hydroxylation is 1. The second kappa shape index (κ2) is 6.67. The van der Waals surface area contributed by atoms with Gasteiger partial charge in [-0.25, -0.2) is 8.78 Å². The average Bonchev–Trinajstić information content (AvgIpc) is 2.83. The summed E-state index contributed by atoms with van der Waals surface area (Å²) in [7, 11) is 0. The van der Waals surface area contributed by atoms with E-state index in [0.717, 1.165) is 6.42 Å². The maximum absolute atomic E-state index is 13.9. The Balaban J connectivity index is 2.09. The van der Waals surface area contributed by atoms with E-state index < -0.39 is 17.4 Å². The predicted molar refractivity (Wildman–Crippen MR) is 73.9 cm³/mol. The lowest BCUT2D eigenvalue weighted by Gasteiger charge is -2.11. The zero-order valence-electron chi connectivity index (χ0n) is 12.0. The molecule has 4 nitrogen and oxygen atoms in total. The summed E-state index contributed by atoms with van der Waals surface area (Å²) < 4.78 is 37.9. The molecule has 0 spiro atoms. The van der Waals surface area contributed by atoms with E-state index in [9.17, 15) is 8.78 Å². The van der Waals surface area contributed by atoms with Crippen LogP contribution in [-0.2, 0) is 13.0 Å². The topological polar surface area (TPSA) is 61.3 Å². The summed E-state index contributed by atoms with van der Waals surface area (Å²) >= 11 is 0. The fraction of sp³-hybridized carbons (Fsp3) is 0.400. The Morgan fingerprint density at radius 1 is 1.29 bits per heavy atom. The van der Waals surface area contributed by atoms with E-state index in [-0.39, 0.29) is 12.6 Å². The minimum Gasteiger partial charge on any atom is -0.479 e. The van der Waals surface area contributed by atoms with E-state index in [4.69, 9.17) is 15.0 Å². The van der Waals surface area contributed by atoms with Crippen LogP contribution in [0.25, 0.3) is 0 Å². The van der Waals surface area contributed by atoms with Gasteiger partial charge in [0.1, 0.15) is 6.61 Å². The van der Waals surface area contributed by atoms with Gasteiger partial charge in [0.2, 0.25) is 0 Å². The number of ether oxygens (including phenoxy) is 1. The van der Waals surface area contributed by atoms with Crippen molar-refractivity contribution in [3.8, 4) is 5.75 Å². The van der Waals surface area contributed by atoms with Crippen LogP contribution in [0, 0.1) is 18.6 Å². The zero-order chi connectivity index (χ0) is 15.4. The lowest BCUT2D eigenvalue weighted by atomic mass is 10.0. The van der Waals surface area contributed by atoms with Gasteiger partial charge < -0.3 is 15.0 Å². The molecule has 0 aliphatic carbocycles. The van der Waals surface area contributed by atoms with Gasteiger partial charge in [-0.15, -0.1) is 0 Å². The van der Waals surface area contributed by atoms with Crippen LogP contribution in [0.3, 0.4) is 0 Å². The van der Waals surface area contributed by atoms with Crippen LogP contribution < -0.4 is 10.5 Å². The summed E-state index contributed by atoms with van der Waals surface area (Å²) in [5.41, 5.74) is 6.98. The lowest BCUT2D eigenvalue weighted by Crippen LogP contribution is -2.21. The predicted octanol–water partition coefficient (Wildman–Crippen LogP) is 3.12. The molecular formula is C15H18F2N2O2. The number of hydrogen-bond acceptors (Lipinski definition) is 4. The molecule has 6 heteroatoms. The fourth-order valence-electron chi connectivity index (χ4n) is 1.94. The third-order valence-electron chi connectivity index (χ3n) is 3.12. The first-order chi connectivity index (χ1) is 9.99. The summed E-state index contributed by atoms with van der Waals surface area (Å²) in [6.45, 7) is 3.59. The first-order valence-corrected chi connectivity index (χ1v) is 6.78. The molecule has 0 saturated carbocycles. The third-order valence-corrected chi connectivity index (χ3v) is 3.12. The highest BCUT2D eigenvalue weighted by atomic mass is 19.1. The third kappa shape index (κ3) is 4.01. The number of rotatable bonds is 6. The molecule has 1 aromatic carbocycles. The molecule has 1 unspecified atom stereocenters. The van der Waals surface area contributed by atoms with E-state index in [1.807, 2.05) is 6.92 Å². The Bertz CT molecular complexity index is 590. The molecule has 0 radical (unpaired) electrons. The number of halogens is 2. The van der Waals surface area contributed by atoms with Crippen molar-refractivity contribution < 1.29 is 18.0 Å². The molecule has 2 aromatic rings. The molecule has 0 aliphatic heterocycles. The Labute approximate surface area is 121 Å². The summed E-state index contributed by atoms with van der Waals surface area (Å²) in [6.07, 6.45) is 1.16. The van der Waals surface area contributed by atoms with Crippen LogP contribution in [0.15, 0.2) is 22.7 Å². The van der Waals surface area contributed by atoms with Crippen molar-refractivity contribution in [2.45, 2.75) is 39.3 Å². The van der Waals surface area contributed by atoms with E-state index in [0.29, 0.717) is 23.4 Å². The van der Waals surface area contributed by atoms with Crippen LogP contribution in [-0.4, -0.2) is 11.2 Å². The monoisotopic (exact) mass is 296 g/mol. The van der Waals surface area contributed by atoms with Gasteiger partial charge in [-0.2, -0.15) is 0 Å². The molecule has 1 atom stereocenters. The highest BCUT2D eigenvalue weighted by Gasteiger charge is 2.15. The highest BCUT2D eigenvalue weighted by molar-refractivity contribution is 5.32. The Hall–Kier alpha value is -1.95. The van der Waals surface area contributed by atoms with Gasteiger partial charge >= 0.3 is 0 Å². The molecule has 1 aromatic heterocycles. The van der Waals surface area contributed by atoms with Crippen molar-refractivity contribution in [3.05, 3.63) is 46.9 Å². The van der Waals surface area contributed by atoms with E-state index >= 15 is 0 Å². The second-order valence-corrected chi connectivity index (χ2v) is 4.98. The maximum Gasteiger partial charge on any atom is 0.191 e. The molecule has 114 valence electrons. The van der Waals surface area contributed by atoms with Crippen molar-refractivity contribution in [2.75, 3.05) is 0 Å². The van der Waals surface area contributed by atoms with Gasteiger partial charge in [-0.05, 0) is 37.5 Å². The minimum absolute atomic E-state index is 0.0809. The highest BCUT2D eigenvalue weighted by Crippen LogP contribution is 2.25.